The molecular weight excluding hydrogens is 302 g/mol. The van der Waals surface area contributed by atoms with E-state index in [1.807, 2.05) is 25.2 Å². The second kappa shape index (κ2) is 6.66. The average molecular weight is 320 g/mol. The molecule has 0 atom stereocenters. The Hall–Kier alpha value is -1.42. The SMILES string of the molecule is CCCc1cc(NC)nc(Cc2ccc(Br)cc2)n1. The molecule has 0 saturated carbocycles. The van der Waals surface area contributed by atoms with E-state index in [0.29, 0.717) is 0 Å². The first-order chi connectivity index (χ1) is 9.21. The third-order valence-corrected chi connectivity index (χ3v) is 3.39. The molecule has 3 nitrogen and oxygen atoms in total. The van der Waals surface area contributed by atoms with Crippen molar-refractivity contribution >= 4 is 21.7 Å². The number of hydrogen-bond acceptors (Lipinski definition) is 3. The summed E-state index contributed by atoms with van der Waals surface area (Å²) in [5.74, 6) is 1.77. The number of hydrogen-bond donors (Lipinski definition) is 1. The van der Waals surface area contributed by atoms with Crippen LogP contribution < -0.4 is 5.32 Å². The molecule has 0 saturated heterocycles. The molecule has 1 heterocycles. The summed E-state index contributed by atoms with van der Waals surface area (Å²) in [6.45, 7) is 2.16. The predicted molar refractivity (Wildman–Crippen MR) is 82.5 cm³/mol. The molecule has 4 heteroatoms. The van der Waals surface area contributed by atoms with Crippen LogP contribution in [0.2, 0.25) is 0 Å². The van der Waals surface area contributed by atoms with Crippen LogP contribution >= 0.6 is 15.9 Å². The smallest absolute Gasteiger partial charge is 0.135 e. The molecule has 0 bridgehead atoms. The number of anilines is 1. The lowest BCUT2D eigenvalue weighted by Crippen LogP contribution is -2.04. The highest BCUT2D eigenvalue weighted by Crippen LogP contribution is 2.14. The topological polar surface area (TPSA) is 37.8 Å². The molecule has 2 rings (SSSR count). The van der Waals surface area contributed by atoms with Crippen LogP contribution in [-0.4, -0.2) is 17.0 Å². The zero-order valence-corrected chi connectivity index (χ0v) is 12.9. The Morgan fingerprint density at radius 2 is 1.89 bits per heavy atom. The molecular formula is C15H18BrN3. The van der Waals surface area contributed by atoms with Crippen LogP contribution in [-0.2, 0) is 12.8 Å². The van der Waals surface area contributed by atoms with Gasteiger partial charge in [0.05, 0.1) is 0 Å². The first-order valence-electron chi connectivity index (χ1n) is 6.50. The lowest BCUT2D eigenvalue weighted by molar-refractivity contribution is 0.843. The molecule has 1 aromatic heterocycles. The van der Waals surface area contributed by atoms with Crippen LogP contribution in [0.3, 0.4) is 0 Å². The van der Waals surface area contributed by atoms with E-state index in [0.717, 1.165) is 41.1 Å². The minimum absolute atomic E-state index is 0.763. The van der Waals surface area contributed by atoms with E-state index in [2.05, 4.69) is 50.3 Å². The third-order valence-electron chi connectivity index (χ3n) is 2.86. The maximum atomic E-state index is 4.63. The van der Waals surface area contributed by atoms with Crippen molar-refractivity contribution in [3.05, 3.63) is 51.9 Å². The van der Waals surface area contributed by atoms with Gasteiger partial charge in [0, 0.05) is 29.7 Å². The molecule has 0 amide bonds. The first-order valence-corrected chi connectivity index (χ1v) is 7.29. The van der Waals surface area contributed by atoms with E-state index < -0.39 is 0 Å². The fraction of sp³-hybridized carbons (Fsp3) is 0.333. The minimum Gasteiger partial charge on any atom is -0.373 e. The molecule has 0 spiro atoms. The van der Waals surface area contributed by atoms with Gasteiger partial charge >= 0.3 is 0 Å². The van der Waals surface area contributed by atoms with Crippen LogP contribution in [0.25, 0.3) is 0 Å². The van der Waals surface area contributed by atoms with Crippen molar-refractivity contribution < 1.29 is 0 Å². The maximum absolute atomic E-state index is 4.63. The molecule has 0 radical (unpaired) electrons. The normalized spacial score (nSPS) is 10.5. The van der Waals surface area contributed by atoms with Crippen molar-refractivity contribution in [3.63, 3.8) is 0 Å². The summed E-state index contributed by atoms with van der Waals surface area (Å²) in [6, 6.07) is 10.3. The second-order valence-corrected chi connectivity index (χ2v) is 5.38. The Balaban J connectivity index is 2.23. The molecule has 0 unspecified atom stereocenters. The summed E-state index contributed by atoms with van der Waals surface area (Å²) in [6.07, 6.45) is 2.85. The van der Waals surface area contributed by atoms with Crippen molar-refractivity contribution in [1.82, 2.24) is 9.97 Å². The molecule has 2 aromatic rings. The number of nitrogens with one attached hydrogen (secondary N) is 1. The van der Waals surface area contributed by atoms with Gasteiger partial charge in [-0.05, 0) is 24.1 Å². The highest BCUT2D eigenvalue weighted by molar-refractivity contribution is 9.10. The van der Waals surface area contributed by atoms with Crippen LogP contribution in [0, 0.1) is 0 Å². The standard InChI is InChI=1S/C15H18BrN3/c1-3-4-13-10-14(17-2)19-15(18-13)9-11-5-7-12(16)8-6-11/h5-8,10H,3-4,9H2,1-2H3,(H,17,18,19). The summed E-state index contributed by atoms with van der Waals surface area (Å²) in [5.41, 5.74) is 2.33. The summed E-state index contributed by atoms with van der Waals surface area (Å²) in [5, 5.41) is 3.10. The predicted octanol–water partition coefficient (Wildman–Crippen LogP) is 3.82. The molecule has 1 N–H and O–H groups in total. The fourth-order valence-corrected chi connectivity index (χ4v) is 2.19. The third kappa shape index (κ3) is 4.03. The molecule has 0 aliphatic carbocycles. The zero-order chi connectivity index (χ0) is 13.7. The van der Waals surface area contributed by atoms with Crippen LogP contribution in [0.1, 0.15) is 30.4 Å². The van der Waals surface area contributed by atoms with E-state index >= 15 is 0 Å². The van der Waals surface area contributed by atoms with Crippen molar-refractivity contribution in [1.29, 1.82) is 0 Å². The molecule has 0 fully saturated rings. The molecule has 1 aromatic carbocycles. The number of aromatic nitrogens is 2. The van der Waals surface area contributed by atoms with Crippen molar-refractivity contribution in [3.8, 4) is 0 Å². The van der Waals surface area contributed by atoms with Crippen molar-refractivity contribution in [2.24, 2.45) is 0 Å². The van der Waals surface area contributed by atoms with Gasteiger partial charge in [0.25, 0.3) is 0 Å². The summed E-state index contributed by atoms with van der Waals surface area (Å²) >= 11 is 3.44. The fourth-order valence-electron chi connectivity index (χ4n) is 1.93. The minimum atomic E-state index is 0.763. The lowest BCUT2D eigenvalue weighted by Gasteiger charge is -2.07. The van der Waals surface area contributed by atoms with Gasteiger partial charge in [0.2, 0.25) is 0 Å². The van der Waals surface area contributed by atoms with Gasteiger partial charge in [0.15, 0.2) is 0 Å². The van der Waals surface area contributed by atoms with Crippen molar-refractivity contribution in [2.75, 3.05) is 12.4 Å². The van der Waals surface area contributed by atoms with Gasteiger partial charge in [-0.3, -0.25) is 0 Å². The van der Waals surface area contributed by atoms with E-state index in [1.165, 1.54) is 5.56 Å². The van der Waals surface area contributed by atoms with Gasteiger partial charge in [-0.25, -0.2) is 9.97 Å². The Bertz CT molecular complexity index is 538. The number of rotatable bonds is 5. The first kappa shape index (κ1) is 14.0. The van der Waals surface area contributed by atoms with Gasteiger partial charge < -0.3 is 5.32 Å². The van der Waals surface area contributed by atoms with Gasteiger partial charge in [-0.15, -0.1) is 0 Å². The van der Waals surface area contributed by atoms with Gasteiger partial charge in [-0.2, -0.15) is 0 Å². The number of benzene rings is 1. The van der Waals surface area contributed by atoms with E-state index in [4.69, 9.17) is 0 Å². The highest BCUT2D eigenvalue weighted by Gasteiger charge is 2.05. The maximum Gasteiger partial charge on any atom is 0.135 e. The number of halogens is 1. The second-order valence-electron chi connectivity index (χ2n) is 4.46. The van der Waals surface area contributed by atoms with Gasteiger partial charge in [0.1, 0.15) is 11.6 Å². The quantitative estimate of drug-likeness (QED) is 0.910. The van der Waals surface area contributed by atoms with Crippen LogP contribution in [0.4, 0.5) is 5.82 Å². The average Bonchev–Trinajstić information content (AvgIpc) is 2.41. The zero-order valence-electron chi connectivity index (χ0n) is 11.3. The molecule has 0 aliphatic rings. The highest BCUT2D eigenvalue weighted by atomic mass is 79.9. The van der Waals surface area contributed by atoms with E-state index in [-0.39, 0.29) is 0 Å². The monoisotopic (exact) mass is 319 g/mol. The molecule has 19 heavy (non-hydrogen) atoms. The molecule has 0 aliphatic heterocycles. The van der Waals surface area contributed by atoms with Crippen molar-refractivity contribution in [2.45, 2.75) is 26.2 Å². The van der Waals surface area contributed by atoms with E-state index in [9.17, 15) is 0 Å². The lowest BCUT2D eigenvalue weighted by atomic mass is 10.1. The number of nitrogens with zero attached hydrogens (tertiary/aromatic N) is 2. The number of aryl methyl sites for hydroxylation is 1. The van der Waals surface area contributed by atoms with Crippen LogP contribution in [0.15, 0.2) is 34.8 Å². The summed E-state index contributed by atoms with van der Waals surface area (Å²) in [4.78, 5) is 9.14. The Labute approximate surface area is 122 Å². The molecule has 100 valence electrons. The van der Waals surface area contributed by atoms with Crippen LogP contribution in [0.5, 0.6) is 0 Å². The Morgan fingerprint density at radius 1 is 1.16 bits per heavy atom. The van der Waals surface area contributed by atoms with E-state index in [1.54, 1.807) is 0 Å². The summed E-state index contributed by atoms with van der Waals surface area (Å²) < 4.78 is 1.09. The summed E-state index contributed by atoms with van der Waals surface area (Å²) in [7, 11) is 1.89. The van der Waals surface area contributed by atoms with Gasteiger partial charge in [-0.1, -0.05) is 41.4 Å². The Morgan fingerprint density at radius 3 is 2.53 bits per heavy atom. The Kier molecular flexibility index (Phi) is 4.91. The largest absolute Gasteiger partial charge is 0.373 e.